The molecule has 1 aliphatic rings. The molecule has 1 aliphatic carbocycles. The third-order valence-corrected chi connectivity index (χ3v) is 7.53. The lowest BCUT2D eigenvalue weighted by molar-refractivity contribution is -0.130. The lowest BCUT2D eigenvalue weighted by atomic mass is 10.1. The van der Waals surface area contributed by atoms with Crippen LogP contribution in [0, 0.1) is 13.8 Å². The van der Waals surface area contributed by atoms with Gasteiger partial charge in [-0.05, 0) is 50.5 Å². The summed E-state index contributed by atoms with van der Waals surface area (Å²) >= 11 is 0. The van der Waals surface area contributed by atoms with Crippen molar-refractivity contribution in [3.8, 4) is 5.75 Å². The van der Waals surface area contributed by atoms with E-state index in [-0.39, 0.29) is 10.8 Å². The number of carbonyl (C=O) groups excluding carboxylic acids is 1. The van der Waals surface area contributed by atoms with Crippen LogP contribution in [0.5, 0.6) is 5.75 Å². The number of benzene rings is 2. The number of carbonyl (C=O) groups is 1. The van der Waals surface area contributed by atoms with E-state index in [2.05, 4.69) is 0 Å². The molecule has 0 radical (unpaired) electrons. The summed E-state index contributed by atoms with van der Waals surface area (Å²) in [5.41, 5.74) is 2.20. The van der Waals surface area contributed by atoms with Crippen LogP contribution in [-0.2, 0) is 14.6 Å². The van der Waals surface area contributed by atoms with Gasteiger partial charge < -0.3 is 9.64 Å². The number of hydrogen-bond donors (Lipinski definition) is 0. The van der Waals surface area contributed by atoms with E-state index in [1.165, 1.54) is 4.90 Å². The van der Waals surface area contributed by atoms with Crippen LogP contribution in [0.4, 0.5) is 0 Å². The van der Waals surface area contributed by atoms with Crippen molar-refractivity contribution in [2.45, 2.75) is 36.3 Å². The first kappa shape index (κ1) is 19.4. The fourth-order valence-electron chi connectivity index (χ4n) is 3.24. The number of hydrogen-bond acceptors (Lipinski definition) is 4. The number of rotatable bonds is 7. The average Bonchev–Trinajstić information content (AvgIpc) is 3.46. The van der Waals surface area contributed by atoms with E-state index in [1.807, 2.05) is 32.0 Å². The first-order valence-corrected chi connectivity index (χ1v) is 10.5. The molecule has 6 heteroatoms. The monoisotopic (exact) mass is 387 g/mol. The van der Waals surface area contributed by atoms with E-state index in [0.29, 0.717) is 26.0 Å². The Kier molecular flexibility index (Phi) is 5.29. The van der Waals surface area contributed by atoms with Crippen molar-refractivity contribution in [2.75, 3.05) is 20.2 Å². The van der Waals surface area contributed by atoms with E-state index < -0.39 is 14.6 Å². The fraction of sp³-hybridized carbons (Fsp3) is 0.381. The molecule has 0 bridgehead atoms. The second kappa shape index (κ2) is 7.35. The Hall–Kier alpha value is -2.34. The zero-order valence-corrected chi connectivity index (χ0v) is 16.8. The summed E-state index contributed by atoms with van der Waals surface area (Å²) in [5.74, 6) is 0.426. The van der Waals surface area contributed by atoms with Crippen LogP contribution in [0.3, 0.4) is 0 Å². The normalized spacial score (nSPS) is 15.2. The molecule has 0 N–H and O–H groups in total. The van der Waals surface area contributed by atoms with Crippen LogP contribution in [0.1, 0.15) is 24.0 Å². The van der Waals surface area contributed by atoms with Crippen molar-refractivity contribution in [2.24, 2.45) is 0 Å². The Morgan fingerprint density at radius 2 is 1.78 bits per heavy atom. The molecule has 1 amide bonds. The highest BCUT2D eigenvalue weighted by Gasteiger charge is 2.61. The van der Waals surface area contributed by atoms with Gasteiger partial charge in [0.2, 0.25) is 5.91 Å². The SMILES string of the molecule is Cc1ccc(OCCN(C)C(=O)C2(S(=O)(=O)c3ccccc3)CC2)c(C)c1. The summed E-state index contributed by atoms with van der Waals surface area (Å²) < 4.78 is 30.4. The topological polar surface area (TPSA) is 63.7 Å². The summed E-state index contributed by atoms with van der Waals surface area (Å²) in [6.07, 6.45) is 0.733. The van der Waals surface area contributed by atoms with Crippen LogP contribution in [0.15, 0.2) is 53.4 Å². The maximum atomic E-state index is 13.0. The molecule has 1 fully saturated rings. The van der Waals surface area contributed by atoms with Gasteiger partial charge in [0.1, 0.15) is 12.4 Å². The largest absolute Gasteiger partial charge is 0.491 e. The van der Waals surface area contributed by atoms with Gasteiger partial charge in [0.25, 0.3) is 0 Å². The quantitative estimate of drug-likeness (QED) is 0.732. The van der Waals surface area contributed by atoms with E-state index in [0.717, 1.165) is 16.9 Å². The minimum Gasteiger partial charge on any atom is -0.491 e. The summed E-state index contributed by atoms with van der Waals surface area (Å²) in [5, 5.41) is 0. The maximum absolute atomic E-state index is 13.0. The van der Waals surface area contributed by atoms with Crippen LogP contribution in [-0.4, -0.2) is 44.2 Å². The molecular formula is C21H25NO4S. The van der Waals surface area contributed by atoms with Gasteiger partial charge in [-0.15, -0.1) is 0 Å². The third kappa shape index (κ3) is 3.72. The van der Waals surface area contributed by atoms with Crippen molar-refractivity contribution in [3.63, 3.8) is 0 Å². The first-order valence-electron chi connectivity index (χ1n) is 9.03. The minimum absolute atomic E-state index is 0.204. The van der Waals surface area contributed by atoms with E-state index in [1.54, 1.807) is 37.4 Å². The Balaban J connectivity index is 1.65. The van der Waals surface area contributed by atoms with Gasteiger partial charge in [-0.3, -0.25) is 4.79 Å². The van der Waals surface area contributed by atoms with Crippen LogP contribution < -0.4 is 4.74 Å². The average molecular weight is 388 g/mol. The number of amides is 1. The summed E-state index contributed by atoms with van der Waals surface area (Å²) in [7, 11) is -2.06. The minimum atomic E-state index is -3.69. The maximum Gasteiger partial charge on any atom is 0.244 e. The highest BCUT2D eigenvalue weighted by Crippen LogP contribution is 2.48. The molecule has 0 atom stereocenters. The van der Waals surface area contributed by atoms with Crippen LogP contribution >= 0.6 is 0 Å². The van der Waals surface area contributed by atoms with Crippen LogP contribution in [0.25, 0.3) is 0 Å². The van der Waals surface area contributed by atoms with Gasteiger partial charge in [0, 0.05) is 7.05 Å². The van der Waals surface area contributed by atoms with Gasteiger partial charge in [-0.1, -0.05) is 35.9 Å². The molecule has 2 aromatic carbocycles. The van der Waals surface area contributed by atoms with Gasteiger partial charge in [-0.2, -0.15) is 0 Å². The van der Waals surface area contributed by atoms with Crippen molar-refractivity contribution < 1.29 is 17.9 Å². The standard InChI is InChI=1S/C21H25NO4S/c1-16-9-10-19(17(2)15-16)26-14-13-22(3)20(23)21(11-12-21)27(24,25)18-7-5-4-6-8-18/h4-10,15H,11-14H2,1-3H3. The van der Waals surface area contributed by atoms with Crippen molar-refractivity contribution >= 4 is 15.7 Å². The Bertz CT molecular complexity index is 934. The van der Waals surface area contributed by atoms with Gasteiger partial charge in [0.05, 0.1) is 11.4 Å². The Morgan fingerprint density at radius 3 is 2.37 bits per heavy atom. The molecule has 2 aromatic rings. The van der Waals surface area contributed by atoms with Crippen molar-refractivity contribution in [3.05, 3.63) is 59.7 Å². The predicted octanol–water partition coefficient (Wildman–Crippen LogP) is 3.15. The zero-order chi connectivity index (χ0) is 19.7. The lowest BCUT2D eigenvalue weighted by Crippen LogP contribution is -2.44. The third-order valence-electron chi connectivity index (χ3n) is 5.02. The smallest absolute Gasteiger partial charge is 0.244 e. The number of likely N-dealkylation sites (N-methyl/N-ethyl adjacent to an activating group) is 1. The highest BCUT2D eigenvalue weighted by atomic mass is 32.2. The lowest BCUT2D eigenvalue weighted by Gasteiger charge is -2.24. The summed E-state index contributed by atoms with van der Waals surface area (Å²) in [6.45, 7) is 4.64. The van der Waals surface area contributed by atoms with Crippen molar-refractivity contribution in [1.29, 1.82) is 0 Å². The second-order valence-electron chi connectivity index (χ2n) is 7.15. The number of ether oxygens (including phenoxy) is 1. The summed E-state index contributed by atoms with van der Waals surface area (Å²) in [4.78, 5) is 14.6. The molecule has 27 heavy (non-hydrogen) atoms. The first-order chi connectivity index (χ1) is 12.8. The van der Waals surface area contributed by atoms with Gasteiger partial charge >= 0.3 is 0 Å². The number of nitrogens with zero attached hydrogens (tertiary/aromatic N) is 1. The highest BCUT2D eigenvalue weighted by molar-refractivity contribution is 7.94. The predicted molar refractivity (Wildman–Crippen MR) is 105 cm³/mol. The molecule has 1 saturated carbocycles. The van der Waals surface area contributed by atoms with Gasteiger partial charge in [-0.25, -0.2) is 8.42 Å². The Labute approximate surface area is 160 Å². The van der Waals surface area contributed by atoms with E-state index >= 15 is 0 Å². The zero-order valence-electron chi connectivity index (χ0n) is 15.9. The van der Waals surface area contributed by atoms with Gasteiger partial charge in [0.15, 0.2) is 14.6 Å². The molecule has 3 rings (SSSR count). The molecule has 0 aliphatic heterocycles. The molecule has 0 heterocycles. The summed E-state index contributed by atoms with van der Waals surface area (Å²) in [6, 6.07) is 14.1. The molecule has 144 valence electrons. The molecule has 5 nitrogen and oxygen atoms in total. The number of sulfone groups is 1. The molecule has 0 unspecified atom stereocenters. The molecule has 0 aromatic heterocycles. The van der Waals surface area contributed by atoms with E-state index in [4.69, 9.17) is 4.74 Å². The Morgan fingerprint density at radius 1 is 1.11 bits per heavy atom. The van der Waals surface area contributed by atoms with Crippen molar-refractivity contribution in [1.82, 2.24) is 4.90 Å². The fourth-order valence-corrected chi connectivity index (χ4v) is 5.23. The molecule has 0 spiro atoms. The second-order valence-corrected chi connectivity index (χ2v) is 9.41. The number of aryl methyl sites for hydroxylation is 2. The molecule has 0 saturated heterocycles. The van der Waals surface area contributed by atoms with Crippen LogP contribution in [0.2, 0.25) is 0 Å². The molecular weight excluding hydrogens is 362 g/mol. The van der Waals surface area contributed by atoms with E-state index in [9.17, 15) is 13.2 Å².